The lowest BCUT2D eigenvalue weighted by atomic mass is 10.2. The van der Waals surface area contributed by atoms with Gasteiger partial charge in [-0.3, -0.25) is 9.59 Å². The second kappa shape index (κ2) is 11.5. The number of carbonyl (C=O) groups excluding carboxylic acids is 2. The van der Waals surface area contributed by atoms with Crippen LogP contribution in [0.1, 0.15) is 46.0 Å². The molecular weight excluding hydrogens is 296 g/mol. The first kappa shape index (κ1) is 17.4. The van der Waals surface area contributed by atoms with Gasteiger partial charge in [0.25, 0.3) is 0 Å². The first-order chi connectivity index (χ1) is 8.65. The van der Waals surface area contributed by atoms with Crippen LogP contribution >= 0.6 is 15.9 Å². The number of carbonyl (C=O) groups is 2. The molecule has 0 rings (SSSR count). The molecule has 2 amide bonds. The van der Waals surface area contributed by atoms with Crippen LogP contribution in [0.3, 0.4) is 0 Å². The molecular formula is C13H25BrN2O2. The molecule has 106 valence electrons. The van der Waals surface area contributed by atoms with Gasteiger partial charge in [0.15, 0.2) is 0 Å². The van der Waals surface area contributed by atoms with Crippen molar-refractivity contribution in [3.8, 4) is 0 Å². The summed E-state index contributed by atoms with van der Waals surface area (Å²) in [6.45, 7) is 5.56. The molecule has 0 aromatic carbocycles. The third-order valence-corrected chi connectivity index (χ3v) is 3.09. The Morgan fingerprint density at radius 1 is 1.17 bits per heavy atom. The van der Waals surface area contributed by atoms with Gasteiger partial charge in [0, 0.05) is 24.8 Å². The van der Waals surface area contributed by atoms with Gasteiger partial charge in [0.2, 0.25) is 11.8 Å². The van der Waals surface area contributed by atoms with E-state index in [1.54, 1.807) is 4.90 Å². The maximum absolute atomic E-state index is 11.9. The Kier molecular flexibility index (Phi) is 11.1. The number of nitrogens with zero attached hydrogens (tertiary/aromatic N) is 1. The Balaban J connectivity index is 4.10. The van der Waals surface area contributed by atoms with Gasteiger partial charge in [-0.1, -0.05) is 29.8 Å². The quantitative estimate of drug-likeness (QED) is 0.496. The van der Waals surface area contributed by atoms with Crippen molar-refractivity contribution in [2.45, 2.75) is 46.0 Å². The predicted molar refractivity (Wildman–Crippen MR) is 77.8 cm³/mol. The van der Waals surface area contributed by atoms with Gasteiger partial charge < -0.3 is 10.2 Å². The fourth-order valence-corrected chi connectivity index (χ4v) is 1.98. The SMILES string of the molecule is CCCNC(=O)CN(CCC)C(=O)CCCCBr. The van der Waals surface area contributed by atoms with E-state index in [-0.39, 0.29) is 18.4 Å². The van der Waals surface area contributed by atoms with Gasteiger partial charge in [-0.2, -0.15) is 0 Å². The van der Waals surface area contributed by atoms with E-state index < -0.39 is 0 Å². The van der Waals surface area contributed by atoms with E-state index in [2.05, 4.69) is 21.2 Å². The van der Waals surface area contributed by atoms with E-state index in [1.165, 1.54) is 0 Å². The average Bonchev–Trinajstić information content (AvgIpc) is 2.36. The number of halogens is 1. The zero-order valence-electron chi connectivity index (χ0n) is 11.5. The monoisotopic (exact) mass is 320 g/mol. The summed E-state index contributed by atoms with van der Waals surface area (Å²) in [5.41, 5.74) is 0. The summed E-state index contributed by atoms with van der Waals surface area (Å²) in [4.78, 5) is 25.2. The maximum Gasteiger partial charge on any atom is 0.239 e. The molecule has 0 saturated carbocycles. The minimum Gasteiger partial charge on any atom is -0.355 e. The summed E-state index contributed by atoms with van der Waals surface area (Å²) in [7, 11) is 0. The van der Waals surface area contributed by atoms with E-state index in [1.807, 2.05) is 13.8 Å². The van der Waals surface area contributed by atoms with E-state index in [4.69, 9.17) is 0 Å². The molecule has 0 aromatic rings. The van der Waals surface area contributed by atoms with Crippen molar-refractivity contribution in [1.29, 1.82) is 0 Å². The average molecular weight is 321 g/mol. The Bertz CT molecular complexity index is 247. The number of alkyl halides is 1. The van der Waals surface area contributed by atoms with Crippen molar-refractivity contribution >= 4 is 27.7 Å². The van der Waals surface area contributed by atoms with Crippen molar-refractivity contribution in [1.82, 2.24) is 10.2 Å². The Labute approximate surface area is 119 Å². The molecule has 18 heavy (non-hydrogen) atoms. The van der Waals surface area contributed by atoms with E-state index in [0.717, 1.165) is 31.0 Å². The van der Waals surface area contributed by atoms with Crippen LogP contribution in [0.5, 0.6) is 0 Å². The number of nitrogens with one attached hydrogen (secondary N) is 1. The molecule has 0 spiro atoms. The number of hydrogen-bond donors (Lipinski definition) is 1. The number of unbranched alkanes of at least 4 members (excludes halogenated alkanes) is 1. The lowest BCUT2D eigenvalue weighted by Crippen LogP contribution is -2.41. The first-order valence-corrected chi connectivity index (χ1v) is 7.88. The minimum atomic E-state index is -0.0564. The second-order valence-electron chi connectivity index (χ2n) is 4.31. The fraction of sp³-hybridized carbons (Fsp3) is 0.846. The van der Waals surface area contributed by atoms with Crippen LogP contribution in [0.4, 0.5) is 0 Å². The molecule has 5 heteroatoms. The lowest BCUT2D eigenvalue weighted by molar-refractivity contribution is -0.136. The topological polar surface area (TPSA) is 49.4 Å². The molecule has 0 fully saturated rings. The predicted octanol–water partition coefficient (Wildman–Crippen LogP) is 2.32. The molecule has 0 aromatic heterocycles. The molecule has 0 atom stereocenters. The highest BCUT2D eigenvalue weighted by molar-refractivity contribution is 9.09. The van der Waals surface area contributed by atoms with E-state index in [0.29, 0.717) is 19.5 Å². The largest absolute Gasteiger partial charge is 0.355 e. The normalized spacial score (nSPS) is 10.2. The van der Waals surface area contributed by atoms with Crippen molar-refractivity contribution in [2.75, 3.05) is 25.0 Å². The lowest BCUT2D eigenvalue weighted by Gasteiger charge is -2.21. The van der Waals surface area contributed by atoms with Crippen molar-refractivity contribution in [3.63, 3.8) is 0 Å². The van der Waals surface area contributed by atoms with Crippen LogP contribution in [-0.4, -0.2) is 41.7 Å². The molecule has 0 aliphatic rings. The molecule has 0 bridgehead atoms. The molecule has 0 aliphatic carbocycles. The van der Waals surface area contributed by atoms with Crippen LogP contribution in [0.2, 0.25) is 0 Å². The van der Waals surface area contributed by atoms with Crippen molar-refractivity contribution in [3.05, 3.63) is 0 Å². The van der Waals surface area contributed by atoms with E-state index in [9.17, 15) is 9.59 Å². The van der Waals surface area contributed by atoms with E-state index >= 15 is 0 Å². The highest BCUT2D eigenvalue weighted by Crippen LogP contribution is 2.03. The molecule has 0 radical (unpaired) electrons. The standard InChI is InChI=1S/C13H25BrN2O2/c1-3-9-15-12(17)11-16(10-4-2)13(18)7-5-6-8-14/h3-11H2,1-2H3,(H,15,17). The first-order valence-electron chi connectivity index (χ1n) is 6.76. The van der Waals surface area contributed by atoms with Gasteiger partial charge in [-0.15, -0.1) is 0 Å². The molecule has 0 unspecified atom stereocenters. The van der Waals surface area contributed by atoms with Crippen LogP contribution in [0.15, 0.2) is 0 Å². The summed E-state index contributed by atoms with van der Waals surface area (Å²) in [5.74, 6) is 0.0311. The van der Waals surface area contributed by atoms with Gasteiger partial charge in [0.05, 0.1) is 6.54 Å². The third-order valence-electron chi connectivity index (χ3n) is 2.53. The summed E-state index contributed by atoms with van der Waals surface area (Å²) in [5, 5.41) is 3.72. The van der Waals surface area contributed by atoms with Crippen LogP contribution in [-0.2, 0) is 9.59 Å². The third kappa shape index (κ3) is 8.50. The Hall–Kier alpha value is -0.580. The molecule has 0 aliphatic heterocycles. The Morgan fingerprint density at radius 3 is 2.44 bits per heavy atom. The van der Waals surface area contributed by atoms with Crippen LogP contribution < -0.4 is 5.32 Å². The molecule has 0 heterocycles. The van der Waals surface area contributed by atoms with Gasteiger partial charge >= 0.3 is 0 Å². The number of rotatable bonds is 10. The van der Waals surface area contributed by atoms with Crippen molar-refractivity contribution in [2.24, 2.45) is 0 Å². The number of amides is 2. The zero-order valence-corrected chi connectivity index (χ0v) is 13.1. The van der Waals surface area contributed by atoms with Crippen LogP contribution in [0, 0.1) is 0 Å². The number of hydrogen-bond acceptors (Lipinski definition) is 2. The van der Waals surface area contributed by atoms with Crippen LogP contribution in [0.25, 0.3) is 0 Å². The second-order valence-corrected chi connectivity index (χ2v) is 5.10. The summed E-state index contributed by atoms with van der Waals surface area (Å²) in [6.07, 6.45) is 4.20. The summed E-state index contributed by atoms with van der Waals surface area (Å²) in [6, 6.07) is 0. The van der Waals surface area contributed by atoms with Gasteiger partial charge in [0.1, 0.15) is 0 Å². The fourth-order valence-electron chi connectivity index (χ4n) is 1.58. The minimum absolute atomic E-state index is 0.0564. The Morgan fingerprint density at radius 2 is 1.89 bits per heavy atom. The maximum atomic E-state index is 11.9. The zero-order chi connectivity index (χ0) is 13.8. The summed E-state index contributed by atoms with van der Waals surface area (Å²) < 4.78 is 0. The highest BCUT2D eigenvalue weighted by Gasteiger charge is 2.15. The van der Waals surface area contributed by atoms with Crippen molar-refractivity contribution < 1.29 is 9.59 Å². The highest BCUT2D eigenvalue weighted by atomic mass is 79.9. The smallest absolute Gasteiger partial charge is 0.239 e. The molecule has 4 nitrogen and oxygen atoms in total. The summed E-state index contributed by atoms with van der Waals surface area (Å²) >= 11 is 3.35. The van der Waals surface area contributed by atoms with Gasteiger partial charge in [-0.05, 0) is 25.7 Å². The molecule has 1 N–H and O–H groups in total. The van der Waals surface area contributed by atoms with Gasteiger partial charge in [-0.25, -0.2) is 0 Å². The molecule has 0 saturated heterocycles.